The highest BCUT2D eigenvalue weighted by molar-refractivity contribution is 5.93. The summed E-state index contributed by atoms with van der Waals surface area (Å²) in [5.74, 6) is -0.225. The number of anilines is 2. The van der Waals surface area contributed by atoms with Crippen molar-refractivity contribution in [2.45, 2.75) is 32.1 Å². The molecule has 2 N–H and O–H groups in total. The van der Waals surface area contributed by atoms with E-state index in [1.54, 1.807) is 4.90 Å². The number of oxime groups is 1. The second-order valence-electron chi connectivity index (χ2n) is 7.60. The van der Waals surface area contributed by atoms with Gasteiger partial charge in [0.1, 0.15) is 0 Å². The Hall–Kier alpha value is -3.35. The molecule has 7 nitrogen and oxygen atoms in total. The lowest BCUT2D eigenvalue weighted by atomic mass is 10.1. The number of nitrogens with one attached hydrogen (secondary N) is 2. The highest BCUT2D eigenvalue weighted by atomic mass is 16.6. The Kier molecular flexibility index (Phi) is 6.27. The summed E-state index contributed by atoms with van der Waals surface area (Å²) < 4.78 is 0. The van der Waals surface area contributed by atoms with Crippen LogP contribution in [0.15, 0.2) is 53.7 Å². The molecule has 0 saturated carbocycles. The molecule has 2 aromatic carbocycles. The van der Waals surface area contributed by atoms with E-state index >= 15 is 0 Å². The number of likely N-dealkylation sites (tertiary alicyclic amines) is 1. The van der Waals surface area contributed by atoms with Crippen LogP contribution >= 0.6 is 0 Å². The van der Waals surface area contributed by atoms with Gasteiger partial charge in [0.2, 0.25) is 0 Å². The summed E-state index contributed by atoms with van der Waals surface area (Å²) in [6.07, 6.45) is 4.64. The molecule has 1 aliphatic heterocycles. The van der Waals surface area contributed by atoms with E-state index in [9.17, 15) is 9.59 Å². The average Bonchev–Trinajstić information content (AvgIpc) is 3.23. The van der Waals surface area contributed by atoms with E-state index in [4.69, 9.17) is 4.84 Å². The molecule has 2 aliphatic rings. The van der Waals surface area contributed by atoms with Crippen molar-refractivity contribution < 1.29 is 14.4 Å². The minimum Gasteiger partial charge on any atom is -0.386 e. The first-order valence-electron chi connectivity index (χ1n) is 10.4. The predicted molar refractivity (Wildman–Crippen MR) is 117 cm³/mol. The standard InChI is InChI=1S/C23H26N4O3/c28-22(24-21-10-9-17-5-4-6-18(17)15-21)16-30-26-20-11-13-27(14-12-20)23(29)25-19-7-2-1-3-8-19/h1-3,7-10,15H,4-6,11-14,16H2,(H,24,28)(H,25,29). The Balaban J connectivity index is 1.18. The van der Waals surface area contributed by atoms with Gasteiger partial charge in [-0.05, 0) is 54.7 Å². The fraction of sp³-hybridized carbons (Fsp3) is 0.348. The number of benzene rings is 2. The monoisotopic (exact) mass is 406 g/mol. The minimum atomic E-state index is -0.225. The molecule has 0 aromatic heterocycles. The van der Waals surface area contributed by atoms with Gasteiger partial charge >= 0.3 is 6.03 Å². The Labute approximate surface area is 176 Å². The average molecular weight is 406 g/mol. The van der Waals surface area contributed by atoms with E-state index in [0.29, 0.717) is 25.9 Å². The summed E-state index contributed by atoms with van der Waals surface area (Å²) in [6, 6.07) is 15.3. The number of amides is 3. The number of carbonyl (C=O) groups excluding carboxylic acids is 2. The molecular weight excluding hydrogens is 380 g/mol. The van der Waals surface area contributed by atoms with Crippen molar-refractivity contribution in [1.29, 1.82) is 0 Å². The number of para-hydroxylation sites is 1. The van der Waals surface area contributed by atoms with Crippen molar-refractivity contribution in [3.8, 4) is 0 Å². The molecule has 0 unspecified atom stereocenters. The van der Waals surface area contributed by atoms with E-state index in [-0.39, 0.29) is 18.5 Å². The topological polar surface area (TPSA) is 83.0 Å². The highest BCUT2D eigenvalue weighted by Crippen LogP contribution is 2.24. The summed E-state index contributed by atoms with van der Waals surface area (Å²) in [7, 11) is 0. The van der Waals surface area contributed by atoms with Gasteiger partial charge in [0, 0.05) is 37.3 Å². The zero-order valence-corrected chi connectivity index (χ0v) is 16.9. The molecule has 4 rings (SSSR count). The second kappa shape index (κ2) is 9.43. The Morgan fingerprint density at radius 1 is 0.900 bits per heavy atom. The molecular formula is C23H26N4O3. The maximum atomic E-state index is 12.3. The third kappa shape index (κ3) is 5.17. The van der Waals surface area contributed by atoms with Crippen LogP contribution in [0, 0.1) is 0 Å². The van der Waals surface area contributed by atoms with Crippen molar-refractivity contribution in [2.75, 3.05) is 30.3 Å². The maximum Gasteiger partial charge on any atom is 0.321 e. The Morgan fingerprint density at radius 3 is 2.47 bits per heavy atom. The number of fused-ring (bicyclic) bond motifs is 1. The van der Waals surface area contributed by atoms with Crippen LogP contribution in [0.4, 0.5) is 16.2 Å². The SMILES string of the molecule is O=C(CON=C1CCN(C(=O)Nc2ccccc2)CC1)Nc1ccc2c(c1)CCC2. The number of aryl methyl sites for hydroxylation is 2. The van der Waals surface area contributed by atoms with Crippen LogP contribution in [0.3, 0.4) is 0 Å². The third-order valence-electron chi connectivity index (χ3n) is 5.42. The van der Waals surface area contributed by atoms with Gasteiger partial charge < -0.3 is 20.4 Å². The van der Waals surface area contributed by atoms with Crippen molar-refractivity contribution in [1.82, 2.24) is 4.90 Å². The van der Waals surface area contributed by atoms with Gasteiger partial charge in [0.25, 0.3) is 5.91 Å². The summed E-state index contributed by atoms with van der Waals surface area (Å²) in [6.45, 7) is 1.02. The lowest BCUT2D eigenvalue weighted by Crippen LogP contribution is -2.41. The van der Waals surface area contributed by atoms with Crippen LogP contribution in [0.25, 0.3) is 0 Å². The molecule has 1 aliphatic carbocycles. The number of urea groups is 1. The van der Waals surface area contributed by atoms with Gasteiger partial charge in [-0.3, -0.25) is 4.79 Å². The van der Waals surface area contributed by atoms with Crippen LogP contribution in [-0.4, -0.2) is 42.2 Å². The Bertz CT molecular complexity index is 933. The third-order valence-corrected chi connectivity index (χ3v) is 5.42. The first-order valence-corrected chi connectivity index (χ1v) is 10.4. The number of hydrogen-bond acceptors (Lipinski definition) is 4. The Morgan fingerprint density at radius 2 is 1.67 bits per heavy atom. The summed E-state index contributed by atoms with van der Waals surface area (Å²) in [4.78, 5) is 31.4. The van der Waals surface area contributed by atoms with Crippen LogP contribution in [0.1, 0.15) is 30.4 Å². The molecule has 1 saturated heterocycles. The van der Waals surface area contributed by atoms with E-state index in [1.165, 1.54) is 17.5 Å². The van der Waals surface area contributed by atoms with Gasteiger partial charge in [-0.2, -0.15) is 0 Å². The van der Waals surface area contributed by atoms with Crippen molar-refractivity contribution >= 4 is 29.0 Å². The smallest absolute Gasteiger partial charge is 0.321 e. The summed E-state index contributed by atoms with van der Waals surface area (Å²) in [5, 5.41) is 9.84. The number of piperidine rings is 1. The van der Waals surface area contributed by atoms with Crippen LogP contribution in [-0.2, 0) is 22.5 Å². The van der Waals surface area contributed by atoms with E-state index < -0.39 is 0 Å². The first-order chi connectivity index (χ1) is 14.7. The maximum absolute atomic E-state index is 12.3. The number of rotatable bonds is 5. The largest absolute Gasteiger partial charge is 0.386 e. The van der Waals surface area contributed by atoms with E-state index in [1.807, 2.05) is 42.5 Å². The molecule has 0 atom stereocenters. The minimum absolute atomic E-state index is 0.116. The van der Waals surface area contributed by atoms with Crippen molar-refractivity contribution in [3.05, 3.63) is 59.7 Å². The molecule has 1 heterocycles. The fourth-order valence-corrected chi connectivity index (χ4v) is 3.81. The molecule has 156 valence electrons. The summed E-state index contributed by atoms with van der Waals surface area (Å²) >= 11 is 0. The molecule has 7 heteroatoms. The van der Waals surface area contributed by atoms with Gasteiger partial charge in [0.15, 0.2) is 6.61 Å². The second-order valence-corrected chi connectivity index (χ2v) is 7.60. The number of carbonyl (C=O) groups is 2. The van der Waals surface area contributed by atoms with Gasteiger partial charge in [-0.25, -0.2) is 4.79 Å². The normalized spacial score (nSPS) is 15.3. The van der Waals surface area contributed by atoms with Crippen LogP contribution in [0.5, 0.6) is 0 Å². The van der Waals surface area contributed by atoms with Crippen molar-refractivity contribution in [2.24, 2.45) is 5.16 Å². The van der Waals surface area contributed by atoms with Crippen LogP contribution in [0.2, 0.25) is 0 Å². The number of hydrogen-bond donors (Lipinski definition) is 2. The van der Waals surface area contributed by atoms with E-state index in [0.717, 1.165) is 29.9 Å². The zero-order chi connectivity index (χ0) is 20.8. The fourth-order valence-electron chi connectivity index (χ4n) is 3.81. The first kappa shape index (κ1) is 19.9. The van der Waals surface area contributed by atoms with E-state index in [2.05, 4.69) is 21.9 Å². The van der Waals surface area contributed by atoms with Gasteiger partial charge in [0.05, 0.1) is 5.71 Å². The predicted octanol–water partition coefficient (Wildman–Crippen LogP) is 3.81. The highest BCUT2D eigenvalue weighted by Gasteiger charge is 2.20. The molecule has 0 radical (unpaired) electrons. The van der Waals surface area contributed by atoms with Crippen molar-refractivity contribution in [3.63, 3.8) is 0 Å². The van der Waals surface area contributed by atoms with Crippen LogP contribution < -0.4 is 10.6 Å². The van der Waals surface area contributed by atoms with Gasteiger partial charge in [-0.1, -0.05) is 29.4 Å². The molecule has 3 amide bonds. The quantitative estimate of drug-likeness (QED) is 0.741. The summed E-state index contributed by atoms with van der Waals surface area (Å²) in [5.41, 5.74) is 5.13. The number of nitrogens with zero attached hydrogens (tertiary/aromatic N) is 2. The lowest BCUT2D eigenvalue weighted by molar-refractivity contribution is -0.120. The molecule has 2 aromatic rings. The van der Waals surface area contributed by atoms with Gasteiger partial charge in [-0.15, -0.1) is 0 Å². The molecule has 0 bridgehead atoms. The molecule has 30 heavy (non-hydrogen) atoms. The molecule has 1 fully saturated rings. The molecule has 0 spiro atoms. The zero-order valence-electron chi connectivity index (χ0n) is 16.9. The lowest BCUT2D eigenvalue weighted by Gasteiger charge is -2.27.